The molecule has 11 nitrogen and oxygen atoms in total. The number of aryl methyl sites for hydroxylation is 1. The molecule has 24 heavy (non-hydrogen) atoms. The van der Waals surface area contributed by atoms with Gasteiger partial charge in [-0.25, -0.2) is 8.42 Å². The molecule has 0 saturated heterocycles. The van der Waals surface area contributed by atoms with Crippen LogP contribution in [0.3, 0.4) is 0 Å². The van der Waals surface area contributed by atoms with Gasteiger partial charge in [-0.3, -0.25) is 10.1 Å². The van der Waals surface area contributed by atoms with Crippen LogP contribution in [0.15, 0.2) is 23.4 Å². The fraction of sp³-hybridized carbons (Fsp3) is 0.167. The number of nitrogens with two attached hydrogens (primary N) is 1. The van der Waals surface area contributed by atoms with Crippen LogP contribution in [0.2, 0.25) is 0 Å². The Kier molecular flexibility index (Phi) is 3.41. The summed E-state index contributed by atoms with van der Waals surface area (Å²) in [6, 6.07) is 4.21. The Hall–Kier alpha value is -3.15. The number of non-ortho nitro benzene ring substituents is 1. The predicted molar refractivity (Wildman–Crippen MR) is 82.9 cm³/mol. The number of nitro benzene ring substituents is 1. The van der Waals surface area contributed by atoms with E-state index in [2.05, 4.69) is 20.1 Å². The van der Waals surface area contributed by atoms with Gasteiger partial charge in [0.2, 0.25) is 15.8 Å². The second-order valence-corrected chi connectivity index (χ2v) is 6.95. The molecule has 0 aliphatic carbocycles. The SMILES string of the molecule is Cc1cc([N+](=O)[O-])ccc1-c1nc2nc(S(C)(=O)=O)nc(N)n2n1. The average Bonchev–Trinajstić information content (AvgIpc) is 2.90. The van der Waals surface area contributed by atoms with Crippen LogP contribution in [0, 0.1) is 17.0 Å². The van der Waals surface area contributed by atoms with E-state index in [0.29, 0.717) is 11.1 Å². The summed E-state index contributed by atoms with van der Waals surface area (Å²) in [5.74, 6) is -0.0107. The summed E-state index contributed by atoms with van der Waals surface area (Å²) in [6.07, 6.45) is 0.954. The molecule has 124 valence electrons. The Morgan fingerprint density at radius 1 is 1.25 bits per heavy atom. The third-order valence-corrected chi connectivity index (χ3v) is 4.05. The zero-order valence-electron chi connectivity index (χ0n) is 12.5. The van der Waals surface area contributed by atoms with E-state index >= 15 is 0 Å². The fourth-order valence-corrected chi connectivity index (χ4v) is 2.58. The highest BCUT2D eigenvalue weighted by Crippen LogP contribution is 2.25. The Balaban J connectivity index is 2.18. The summed E-state index contributed by atoms with van der Waals surface area (Å²) in [7, 11) is -3.65. The Morgan fingerprint density at radius 3 is 2.54 bits per heavy atom. The molecule has 0 spiro atoms. The first kappa shape index (κ1) is 15.7. The zero-order valence-corrected chi connectivity index (χ0v) is 13.4. The van der Waals surface area contributed by atoms with Crippen molar-refractivity contribution in [3.8, 4) is 11.4 Å². The standard InChI is InChI=1S/C12H11N7O4S/c1-6-5-7(19(20)21)3-4-8(6)9-14-11-16-12(24(2,22)23)15-10(13)18(11)17-9/h3-5H,1-2H3,(H2,13,14,15,16,17). The van der Waals surface area contributed by atoms with Crippen LogP contribution in [-0.2, 0) is 9.84 Å². The molecule has 0 atom stereocenters. The van der Waals surface area contributed by atoms with E-state index < -0.39 is 19.9 Å². The van der Waals surface area contributed by atoms with Gasteiger partial charge in [0.1, 0.15) is 0 Å². The molecule has 0 aliphatic heterocycles. The average molecular weight is 349 g/mol. The van der Waals surface area contributed by atoms with E-state index in [-0.39, 0.29) is 23.2 Å². The number of aromatic nitrogens is 5. The molecular formula is C12H11N7O4S. The lowest BCUT2D eigenvalue weighted by molar-refractivity contribution is -0.384. The van der Waals surface area contributed by atoms with Gasteiger partial charge in [0, 0.05) is 24.0 Å². The molecule has 2 N–H and O–H groups in total. The lowest BCUT2D eigenvalue weighted by Crippen LogP contribution is -2.11. The van der Waals surface area contributed by atoms with E-state index in [1.165, 1.54) is 18.2 Å². The summed E-state index contributed by atoms with van der Waals surface area (Å²) in [4.78, 5) is 22.0. The van der Waals surface area contributed by atoms with Crippen molar-refractivity contribution >= 4 is 27.3 Å². The lowest BCUT2D eigenvalue weighted by atomic mass is 10.1. The number of nitro groups is 1. The highest BCUT2D eigenvalue weighted by atomic mass is 32.2. The van der Waals surface area contributed by atoms with Crippen LogP contribution in [0.5, 0.6) is 0 Å². The van der Waals surface area contributed by atoms with Gasteiger partial charge >= 0.3 is 0 Å². The summed E-state index contributed by atoms with van der Waals surface area (Å²) in [6.45, 7) is 1.67. The Labute approximate surface area is 135 Å². The zero-order chi connectivity index (χ0) is 17.6. The number of sulfone groups is 1. The summed E-state index contributed by atoms with van der Waals surface area (Å²) >= 11 is 0. The van der Waals surface area contributed by atoms with E-state index in [0.717, 1.165) is 10.8 Å². The maximum Gasteiger partial charge on any atom is 0.269 e. The van der Waals surface area contributed by atoms with Gasteiger partial charge in [-0.1, -0.05) is 0 Å². The number of benzene rings is 1. The van der Waals surface area contributed by atoms with E-state index in [4.69, 9.17) is 5.73 Å². The largest absolute Gasteiger partial charge is 0.368 e. The number of hydrogen-bond acceptors (Lipinski definition) is 9. The summed E-state index contributed by atoms with van der Waals surface area (Å²) in [5.41, 5.74) is 6.76. The molecule has 0 saturated carbocycles. The highest BCUT2D eigenvalue weighted by molar-refractivity contribution is 7.90. The quantitative estimate of drug-likeness (QED) is 0.521. The van der Waals surface area contributed by atoms with Crippen molar-refractivity contribution in [2.24, 2.45) is 0 Å². The van der Waals surface area contributed by atoms with Crippen LogP contribution in [0.25, 0.3) is 17.2 Å². The number of rotatable bonds is 3. The van der Waals surface area contributed by atoms with Crippen LogP contribution in [0.4, 0.5) is 11.6 Å². The van der Waals surface area contributed by atoms with Gasteiger partial charge in [-0.2, -0.15) is 19.5 Å². The highest BCUT2D eigenvalue weighted by Gasteiger charge is 2.19. The van der Waals surface area contributed by atoms with E-state index in [1.807, 2.05) is 0 Å². The van der Waals surface area contributed by atoms with Crippen LogP contribution < -0.4 is 5.73 Å². The lowest BCUT2D eigenvalue weighted by Gasteiger charge is -2.00. The first-order valence-corrected chi connectivity index (χ1v) is 8.42. The topological polar surface area (TPSA) is 159 Å². The van der Waals surface area contributed by atoms with Crippen molar-refractivity contribution in [2.75, 3.05) is 12.0 Å². The number of fused-ring (bicyclic) bond motifs is 1. The molecule has 2 aromatic heterocycles. The normalized spacial score (nSPS) is 11.8. The van der Waals surface area contributed by atoms with E-state index in [1.54, 1.807) is 6.92 Å². The maximum absolute atomic E-state index is 11.6. The van der Waals surface area contributed by atoms with Crippen molar-refractivity contribution in [3.05, 3.63) is 33.9 Å². The molecule has 0 unspecified atom stereocenters. The molecule has 3 rings (SSSR count). The minimum Gasteiger partial charge on any atom is -0.368 e. The monoisotopic (exact) mass is 349 g/mol. The number of anilines is 1. The summed E-state index contributed by atoms with van der Waals surface area (Å²) < 4.78 is 24.2. The van der Waals surface area contributed by atoms with Gasteiger partial charge in [0.15, 0.2) is 5.82 Å². The molecule has 0 bridgehead atoms. The van der Waals surface area contributed by atoms with Crippen LogP contribution >= 0.6 is 0 Å². The minimum atomic E-state index is -3.65. The summed E-state index contributed by atoms with van der Waals surface area (Å²) in [5, 5.41) is 14.5. The third kappa shape index (κ3) is 2.62. The minimum absolute atomic E-state index is 0.0318. The molecular weight excluding hydrogens is 338 g/mol. The second kappa shape index (κ2) is 5.19. The molecule has 0 fully saturated rings. The second-order valence-electron chi connectivity index (χ2n) is 5.04. The van der Waals surface area contributed by atoms with Gasteiger partial charge in [-0.15, -0.1) is 5.10 Å². The smallest absolute Gasteiger partial charge is 0.269 e. The predicted octanol–water partition coefficient (Wildman–Crippen LogP) is 0.389. The van der Waals surface area contributed by atoms with Gasteiger partial charge in [0.05, 0.1) is 4.92 Å². The number of nitrogen functional groups attached to an aromatic ring is 1. The van der Waals surface area contributed by atoms with Gasteiger partial charge in [0.25, 0.3) is 16.6 Å². The van der Waals surface area contributed by atoms with Crippen LogP contribution in [-0.4, -0.2) is 44.2 Å². The third-order valence-electron chi connectivity index (χ3n) is 3.21. The molecule has 2 heterocycles. The first-order valence-electron chi connectivity index (χ1n) is 6.52. The Morgan fingerprint density at radius 2 is 1.96 bits per heavy atom. The molecule has 0 radical (unpaired) electrons. The van der Waals surface area contributed by atoms with Gasteiger partial charge < -0.3 is 5.73 Å². The van der Waals surface area contributed by atoms with Crippen LogP contribution in [0.1, 0.15) is 5.56 Å². The van der Waals surface area contributed by atoms with Crippen molar-refractivity contribution < 1.29 is 13.3 Å². The molecule has 12 heteroatoms. The van der Waals surface area contributed by atoms with E-state index in [9.17, 15) is 18.5 Å². The number of nitrogens with zero attached hydrogens (tertiary/aromatic N) is 6. The van der Waals surface area contributed by atoms with Crippen molar-refractivity contribution in [1.82, 2.24) is 24.6 Å². The van der Waals surface area contributed by atoms with Crippen molar-refractivity contribution in [3.63, 3.8) is 0 Å². The molecule has 0 amide bonds. The molecule has 1 aromatic carbocycles. The number of hydrogen-bond donors (Lipinski definition) is 1. The Bertz CT molecular complexity index is 1090. The van der Waals surface area contributed by atoms with Crippen molar-refractivity contribution in [1.29, 1.82) is 0 Å². The fourth-order valence-electron chi connectivity index (χ4n) is 2.08. The molecule has 3 aromatic rings. The van der Waals surface area contributed by atoms with Gasteiger partial charge in [-0.05, 0) is 18.6 Å². The maximum atomic E-state index is 11.6. The van der Waals surface area contributed by atoms with Crippen molar-refractivity contribution in [2.45, 2.75) is 12.1 Å². The first-order chi connectivity index (χ1) is 11.2. The molecule has 0 aliphatic rings.